The van der Waals surface area contributed by atoms with E-state index in [1.54, 1.807) is 17.0 Å². The first kappa shape index (κ1) is 15.4. The molecule has 2 rings (SSSR count). The molecule has 0 unspecified atom stereocenters. The van der Waals surface area contributed by atoms with Gasteiger partial charge < -0.3 is 20.3 Å². The molecule has 5 nitrogen and oxygen atoms in total. The third kappa shape index (κ3) is 4.49. The van der Waals surface area contributed by atoms with E-state index in [0.717, 1.165) is 44.8 Å². The van der Waals surface area contributed by atoms with E-state index in [4.69, 9.17) is 10.5 Å². The topological polar surface area (TPSA) is 58.8 Å². The van der Waals surface area contributed by atoms with Gasteiger partial charge in [-0.3, -0.25) is 4.79 Å². The number of rotatable bonds is 6. The lowest BCUT2D eigenvalue weighted by atomic mass is 10.2. The standard InChI is InChI=1S/C16H23N3O2/c1-14(18-9-11-21-12-10-18)3-2-8-19(13-20)16-6-4-15(17)5-7-16/h3-7,13H,2,8-12,17H2,1H3/b14-3+. The second-order valence-corrected chi connectivity index (χ2v) is 5.12. The number of allylic oxidation sites excluding steroid dienone is 1. The van der Waals surface area contributed by atoms with Crippen LogP contribution in [0.3, 0.4) is 0 Å². The van der Waals surface area contributed by atoms with Gasteiger partial charge in [-0.25, -0.2) is 0 Å². The molecule has 1 saturated heterocycles. The summed E-state index contributed by atoms with van der Waals surface area (Å²) in [6.45, 7) is 6.23. The van der Waals surface area contributed by atoms with E-state index in [9.17, 15) is 4.79 Å². The molecule has 1 heterocycles. The van der Waals surface area contributed by atoms with Crippen molar-refractivity contribution >= 4 is 17.8 Å². The molecule has 2 N–H and O–H groups in total. The summed E-state index contributed by atoms with van der Waals surface area (Å²) < 4.78 is 5.34. The van der Waals surface area contributed by atoms with Crippen molar-refractivity contribution in [1.82, 2.24) is 4.90 Å². The molecular formula is C16H23N3O2. The summed E-state index contributed by atoms with van der Waals surface area (Å²) in [5, 5.41) is 0. The van der Waals surface area contributed by atoms with E-state index in [2.05, 4.69) is 17.9 Å². The summed E-state index contributed by atoms with van der Waals surface area (Å²) in [7, 11) is 0. The molecule has 114 valence electrons. The van der Waals surface area contributed by atoms with Crippen molar-refractivity contribution in [2.24, 2.45) is 0 Å². The van der Waals surface area contributed by atoms with Crippen molar-refractivity contribution in [2.75, 3.05) is 43.5 Å². The number of amides is 1. The van der Waals surface area contributed by atoms with Crippen molar-refractivity contribution in [3.05, 3.63) is 36.0 Å². The van der Waals surface area contributed by atoms with Crippen LogP contribution in [0, 0.1) is 0 Å². The molecule has 5 heteroatoms. The van der Waals surface area contributed by atoms with E-state index in [1.165, 1.54) is 5.70 Å². The van der Waals surface area contributed by atoms with Crippen LogP contribution in [-0.2, 0) is 9.53 Å². The Morgan fingerprint density at radius 1 is 1.33 bits per heavy atom. The van der Waals surface area contributed by atoms with Crippen LogP contribution in [0.5, 0.6) is 0 Å². The molecule has 1 amide bonds. The summed E-state index contributed by atoms with van der Waals surface area (Å²) in [6.07, 6.45) is 3.87. The van der Waals surface area contributed by atoms with Crippen LogP contribution < -0.4 is 10.6 Å². The smallest absolute Gasteiger partial charge is 0.214 e. The molecule has 0 atom stereocenters. The number of nitrogen functional groups attached to an aromatic ring is 1. The molecular weight excluding hydrogens is 266 g/mol. The van der Waals surface area contributed by atoms with Crippen molar-refractivity contribution in [3.63, 3.8) is 0 Å². The highest BCUT2D eigenvalue weighted by molar-refractivity contribution is 5.75. The molecule has 0 bridgehead atoms. The average molecular weight is 289 g/mol. The SMILES string of the molecule is C/C(=C\CCN(C=O)c1ccc(N)cc1)N1CCOCC1. The first-order valence-electron chi connectivity index (χ1n) is 7.27. The number of morpholine rings is 1. The Kier molecular flexibility index (Phi) is 5.63. The van der Waals surface area contributed by atoms with E-state index >= 15 is 0 Å². The third-order valence-electron chi connectivity index (χ3n) is 3.67. The summed E-state index contributed by atoms with van der Waals surface area (Å²) in [5.74, 6) is 0. The molecule has 1 aromatic rings. The van der Waals surface area contributed by atoms with Crippen molar-refractivity contribution in [2.45, 2.75) is 13.3 Å². The number of anilines is 2. The molecule has 0 saturated carbocycles. The van der Waals surface area contributed by atoms with Gasteiger partial charge >= 0.3 is 0 Å². The van der Waals surface area contributed by atoms with Gasteiger partial charge in [0.1, 0.15) is 0 Å². The number of nitrogens with two attached hydrogens (primary N) is 1. The van der Waals surface area contributed by atoms with Crippen LogP contribution in [-0.4, -0.2) is 44.2 Å². The van der Waals surface area contributed by atoms with Gasteiger partial charge in [-0.05, 0) is 37.6 Å². The molecule has 21 heavy (non-hydrogen) atoms. The van der Waals surface area contributed by atoms with Crippen LogP contribution in [0.25, 0.3) is 0 Å². The summed E-state index contributed by atoms with van der Waals surface area (Å²) >= 11 is 0. The van der Waals surface area contributed by atoms with Crippen LogP contribution in [0.1, 0.15) is 13.3 Å². The Morgan fingerprint density at radius 2 is 2.00 bits per heavy atom. The normalized spacial score (nSPS) is 15.9. The van der Waals surface area contributed by atoms with Gasteiger partial charge in [-0.1, -0.05) is 6.08 Å². The van der Waals surface area contributed by atoms with E-state index in [0.29, 0.717) is 12.2 Å². The molecule has 1 aliphatic heterocycles. The molecule has 1 fully saturated rings. The predicted molar refractivity (Wildman–Crippen MR) is 85.0 cm³/mol. The lowest BCUT2D eigenvalue weighted by Gasteiger charge is -2.29. The Balaban J connectivity index is 1.87. The fraction of sp³-hybridized carbons (Fsp3) is 0.438. The van der Waals surface area contributed by atoms with Crippen LogP contribution in [0.15, 0.2) is 36.0 Å². The summed E-state index contributed by atoms with van der Waals surface area (Å²) in [6, 6.07) is 7.34. The van der Waals surface area contributed by atoms with Gasteiger partial charge in [-0.2, -0.15) is 0 Å². The molecule has 0 radical (unpaired) electrons. The van der Waals surface area contributed by atoms with Gasteiger partial charge in [0.05, 0.1) is 13.2 Å². The first-order valence-corrected chi connectivity index (χ1v) is 7.27. The lowest BCUT2D eigenvalue weighted by molar-refractivity contribution is -0.107. The quantitative estimate of drug-likeness (QED) is 0.641. The van der Waals surface area contributed by atoms with Gasteiger partial charge in [0, 0.05) is 36.7 Å². The van der Waals surface area contributed by atoms with Gasteiger partial charge in [0.15, 0.2) is 0 Å². The monoisotopic (exact) mass is 289 g/mol. The van der Waals surface area contributed by atoms with E-state index in [1.807, 2.05) is 12.1 Å². The predicted octanol–water partition coefficient (Wildman–Crippen LogP) is 1.86. The Bertz CT molecular complexity index is 479. The fourth-order valence-corrected chi connectivity index (χ4v) is 2.37. The van der Waals surface area contributed by atoms with Crippen molar-refractivity contribution < 1.29 is 9.53 Å². The summed E-state index contributed by atoms with van der Waals surface area (Å²) in [5.41, 5.74) is 8.48. The number of hydrogen-bond donors (Lipinski definition) is 1. The molecule has 0 aromatic heterocycles. The Labute approximate surface area is 126 Å². The number of benzene rings is 1. The van der Waals surface area contributed by atoms with E-state index in [-0.39, 0.29) is 0 Å². The van der Waals surface area contributed by atoms with E-state index < -0.39 is 0 Å². The highest BCUT2D eigenvalue weighted by Crippen LogP contribution is 2.16. The van der Waals surface area contributed by atoms with Crippen molar-refractivity contribution in [1.29, 1.82) is 0 Å². The van der Waals surface area contributed by atoms with Crippen LogP contribution in [0.2, 0.25) is 0 Å². The highest BCUT2D eigenvalue weighted by atomic mass is 16.5. The maximum atomic E-state index is 11.2. The average Bonchev–Trinajstić information content (AvgIpc) is 2.53. The Morgan fingerprint density at radius 3 is 2.62 bits per heavy atom. The largest absolute Gasteiger partial charge is 0.399 e. The fourth-order valence-electron chi connectivity index (χ4n) is 2.37. The lowest BCUT2D eigenvalue weighted by Crippen LogP contribution is -2.34. The summed E-state index contributed by atoms with van der Waals surface area (Å²) in [4.78, 5) is 15.2. The number of carbonyl (C=O) groups is 1. The highest BCUT2D eigenvalue weighted by Gasteiger charge is 2.10. The Hall–Kier alpha value is -2.01. The number of hydrogen-bond acceptors (Lipinski definition) is 4. The van der Waals surface area contributed by atoms with Gasteiger partial charge in [0.2, 0.25) is 6.41 Å². The van der Waals surface area contributed by atoms with Crippen LogP contribution in [0.4, 0.5) is 11.4 Å². The number of ether oxygens (including phenoxy) is 1. The van der Waals surface area contributed by atoms with Gasteiger partial charge in [-0.15, -0.1) is 0 Å². The maximum absolute atomic E-state index is 11.2. The number of carbonyl (C=O) groups excluding carboxylic acids is 1. The molecule has 1 aliphatic rings. The zero-order valence-corrected chi connectivity index (χ0v) is 12.5. The molecule has 0 spiro atoms. The van der Waals surface area contributed by atoms with Crippen molar-refractivity contribution in [3.8, 4) is 0 Å². The molecule has 1 aromatic carbocycles. The minimum atomic E-state index is 0.662. The zero-order chi connectivity index (χ0) is 15.1. The van der Waals surface area contributed by atoms with Crippen LogP contribution >= 0.6 is 0 Å². The minimum absolute atomic E-state index is 0.662. The second kappa shape index (κ2) is 7.69. The maximum Gasteiger partial charge on any atom is 0.214 e. The third-order valence-corrected chi connectivity index (χ3v) is 3.67. The van der Waals surface area contributed by atoms with Gasteiger partial charge in [0.25, 0.3) is 0 Å². The first-order chi connectivity index (χ1) is 10.2. The zero-order valence-electron chi connectivity index (χ0n) is 12.5. The minimum Gasteiger partial charge on any atom is -0.399 e. The number of nitrogens with zero attached hydrogens (tertiary/aromatic N) is 2. The second-order valence-electron chi connectivity index (χ2n) is 5.12. The molecule has 0 aliphatic carbocycles.